The Morgan fingerprint density at radius 3 is 2.81 bits per heavy atom. The standard InChI is InChI=1S/C24H26N2O4S/c1-16-18(26-23(30-16)21-6-5-11-31-21)13-22(27)25-14-24(9-3-2-4-10-24)17-7-8-19-20(12-17)29-15-28-19/h5-8,11-12H,2-4,9-10,13-15H2,1H3,(H,25,27). The number of benzene rings is 1. The lowest BCUT2D eigenvalue weighted by Gasteiger charge is -2.38. The number of oxazole rings is 1. The van der Waals surface area contributed by atoms with Crippen LogP contribution in [0.2, 0.25) is 0 Å². The lowest BCUT2D eigenvalue weighted by atomic mass is 9.69. The van der Waals surface area contributed by atoms with Gasteiger partial charge in [-0.1, -0.05) is 31.4 Å². The van der Waals surface area contributed by atoms with E-state index in [4.69, 9.17) is 13.9 Å². The van der Waals surface area contributed by atoms with Crippen molar-refractivity contribution in [1.82, 2.24) is 10.3 Å². The van der Waals surface area contributed by atoms with E-state index in [1.54, 1.807) is 11.3 Å². The third-order valence-corrected chi connectivity index (χ3v) is 7.23. The lowest BCUT2D eigenvalue weighted by Crippen LogP contribution is -2.42. The fourth-order valence-corrected chi connectivity index (χ4v) is 5.25. The van der Waals surface area contributed by atoms with Crippen LogP contribution in [0.4, 0.5) is 0 Å². The summed E-state index contributed by atoms with van der Waals surface area (Å²) in [7, 11) is 0. The van der Waals surface area contributed by atoms with Crippen molar-refractivity contribution in [1.29, 1.82) is 0 Å². The molecule has 3 heterocycles. The van der Waals surface area contributed by atoms with E-state index < -0.39 is 0 Å². The first-order valence-corrected chi connectivity index (χ1v) is 11.7. The van der Waals surface area contributed by atoms with Crippen molar-refractivity contribution in [3.63, 3.8) is 0 Å². The Hall–Kier alpha value is -2.80. The first kappa shape index (κ1) is 20.1. The van der Waals surface area contributed by atoms with Gasteiger partial charge in [-0.3, -0.25) is 4.79 Å². The van der Waals surface area contributed by atoms with Gasteiger partial charge < -0.3 is 19.2 Å². The molecule has 1 N–H and O–H groups in total. The number of hydrogen-bond acceptors (Lipinski definition) is 6. The summed E-state index contributed by atoms with van der Waals surface area (Å²) in [5, 5.41) is 5.18. The van der Waals surface area contributed by atoms with E-state index in [0.29, 0.717) is 23.9 Å². The van der Waals surface area contributed by atoms with Gasteiger partial charge in [0, 0.05) is 12.0 Å². The Kier molecular flexibility index (Phi) is 5.44. The van der Waals surface area contributed by atoms with Crippen LogP contribution in [0, 0.1) is 6.92 Å². The highest BCUT2D eigenvalue weighted by atomic mass is 32.1. The van der Waals surface area contributed by atoms with Crippen molar-refractivity contribution in [3.05, 3.63) is 52.7 Å². The summed E-state index contributed by atoms with van der Waals surface area (Å²) >= 11 is 1.58. The Bertz CT molecular complexity index is 1070. The number of carbonyl (C=O) groups excluding carboxylic acids is 1. The molecule has 0 unspecified atom stereocenters. The number of rotatable bonds is 6. The second-order valence-corrected chi connectivity index (χ2v) is 9.31. The first-order chi connectivity index (χ1) is 15.1. The van der Waals surface area contributed by atoms with Crippen LogP contribution < -0.4 is 14.8 Å². The van der Waals surface area contributed by atoms with Crippen molar-refractivity contribution in [3.8, 4) is 22.3 Å². The molecule has 1 saturated carbocycles. The van der Waals surface area contributed by atoms with Gasteiger partial charge in [0.15, 0.2) is 11.5 Å². The minimum atomic E-state index is -0.0735. The molecular weight excluding hydrogens is 412 g/mol. The minimum absolute atomic E-state index is 0.0279. The second kappa shape index (κ2) is 8.38. The molecule has 0 atom stereocenters. The number of aryl methyl sites for hydroxylation is 1. The minimum Gasteiger partial charge on any atom is -0.454 e. The van der Waals surface area contributed by atoms with Crippen LogP contribution in [0.5, 0.6) is 11.5 Å². The van der Waals surface area contributed by atoms with Gasteiger partial charge in [0.05, 0.1) is 17.0 Å². The summed E-state index contributed by atoms with van der Waals surface area (Å²) in [6.07, 6.45) is 5.90. The number of amides is 1. The Balaban J connectivity index is 1.29. The normalized spacial score (nSPS) is 16.9. The zero-order valence-electron chi connectivity index (χ0n) is 17.6. The smallest absolute Gasteiger partial charge is 0.236 e. The average Bonchev–Trinajstić information content (AvgIpc) is 3.54. The fourth-order valence-electron chi connectivity index (χ4n) is 4.60. The number of hydrogen-bond donors (Lipinski definition) is 1. The molecule has 0 spiro atoms. The molecule has 6 nitrogen and oxygen atoms in total. The maximum atomic E-state index is 12.8. The molecule has 2 aliphatic rings. The van der Waals surface area contributed by atoms with Crippen LogP contribution >= 0.6 is 11.3 Å². The topological polar surface area (TPSA) is 73.6 Å². The SMILES string of the molecule is Cc1oc(-c2cccs2)nc1CC(=O)NCC1(c2ccc3c(c2)OCO3)CCCCC1. The van der Waals surface area contributed by atoms with E-state index in [0.717, 1.165) is 42.1 Å². The number of thiophene rings is 1. The molecule has 162 valence electrons. The molecule has 0 saturated heterocycles. The van der Waals surface area contributed by atoms with Crippen LogP contribution in [0.3, 0.4) is 0 Å². The zero-order valence-corrected chi connectivity index (χ0v) is 18.4. The van der Waals surface area contributed by atoms with Crippen LogP contribution in [-0.2, 0) is 16.6 Å². The number of carbonyl (C=O) groups is 1. The Morgan fingerprint density at radius 1 is 1.16 bits per heavy atom. The molecule has 1 aliphatic heterocycles. The highest BCUT2D eigenvalue weighted by Crippen LogP contribution is 2.43. The summed E-state index contributed by atoms with van der Waals surface area (Å²) in [5.74, 6) is 2.84. The molecule has 1 aliphatic carbocycles. The predicted molar refractivity (Wildman–Crippen MR) is 119 cm³/mol. The Morgan fingerprint density at radius 2 is 2.00 bits per heavy atom. The summed E-state index contributed by atoms with van der Waals surface area (Å²) in [4.78, 5) is 18.4. The van der Waals surface area contributed by atoms with E-state index in [2.05, 4.69) is 22.4 Å². The molecule has 3 aromatic rings. The maximum absolute atomic E-state index is 12.8. The van der Waals surface area contributed by atoms with Gasteiger partial charge in [0.2, 0.25) is 18.6 Å². The molecule has 31 heavy (non-hydrogen) atoms. The van der Waals surface area contributed by atoms with E-state index in [1.807, 2.05) is 30.5 Å². The van der Waals surface area contributed by atoms with Crippen molar-refractivity contribution in [2.24, 2.45) is 0 Å². The molecule has 1 fully saturated rings. The van der Waals surface area contributed by atoms with Gasteiger partial charge in [0.25, 0.3) is 0 Å². The zero-order chi connectivity index (χ0) is 21.3. The van der Waals surface area contributed by atoms with Crippen LogP contribution in [0.25, 0.3) is 10.8 Å². The summed E-state index contributed by atoms with van der Waals surface area (Å²) in [6, 6.07) is 10.1. The summed E-state index contributed by atoms with van der Waals surface area (Å²) in [5.41, 5.74) is 1.84. The van der Waals surface area contributed by atoms with E-state index in [1.165, 1.54) is 12.0 Å². The van der Waals surface area contributed by atoms with E-state index in [9.17, 15) is 4.79 Å². The highest BCUT2D eigenvalue weighted by Gasteiger charge is 2.35. The molecular formula is C24H26N2O4S. The average molecular weight is 439 g/mol. The van der Waals surface area contributed by atoms with Crippen molar-refractivity contribution in [2.45, 2.75) is 50.9 Å². The van der Waals surface area contributed by atoms with E-state index >= 15 is 0 Å². The molecule has 7 heteroatoms. The van der Waals surface area contributed by atoms with Gasteiger partial charge in [-0.05, 0) is 48.9 Å². The second-order valence-electron chi connectivity index (χ2n) is 8.36. The van der Waals surface area contributed by atoms with Gasteiger partial charge in [-0.25, -0.2) is 4.98 Å². The van der Waals surface area contributed by atoms with E-state index in [-0.39, 0.29) is 24.5 Å². The van der Waals surface area contributed by atoms with Gasteiger partial charge in [-0.15, -0.1) is 11.3 Å². The summed E-state index contributed by atoms with van der Waals surface area (Å²) in [6.45, 7) is 2.75. The number of nitrogens with zero attached hydrogens (tertiary/aromatic N) is 1. The molecule has 0 radical (unpaired) electrons. The number of aromatic nitrogens is 1. The highest BCUT2D eigenvalue weighted by molar-refractivity contribution is 7.13. The predicted octanol–water partition coefficient (Wildman–Crippen LogP) is 5.00. The summed E-state index contributed by atoms with van der Waals surface area (Å²) < 4.78 is 16.8. The van der Waals surface area contributed by atoms with Crippen LogP contribution in [0.1, 0.15) is 49.1 Å². The third-order valence-electron chi connectivity index (χ3n) is 6.37. The quantitative estimate of drug-likeness (QED) is 0.586. The van der Waals surface area contributed by atoms with Crippen molar-refractivity contribution in [2.75, 3.05) is 13.3 Å². The van der Waals surface area contributed by atoms with Crippen molar-refractivity contribution < 1.29 is 18.7 Å². The molecule has 1 amide bonds. The van der Waals surface area contributed by atoms with Crippen LogP contribution in [0.15, 0.2) is 40.1 Å². The fraction of sp³-hybridized carbons (Fsp3) is 0.417. The van der Waals surface area contributed by atoms with Gasteiger partial charge in [-0.2, -0.15) is 0 Å². The maximum Gasteiger partial charge on any atom is 0.236 e. The monoisotopic (exact) mass is 438 g/mol. The largest absolute Gasteiger partial charge is 0.454 e. The van der Waals surface area contributed by atoms with Gasteiger partial charge in [0.1, 0.15) is 5.76 Å². The molecule has 5 rings (SSSR count). The molecule has 1 aromatic carbocycles. The molecule has 0 bridgehead atoms. The third kappa shape index (κ3) is 4.06. The lowest BCUT2D eigenvalue weighted by molar-refractivity contribution is -0.120. The number of ether oxygens (including phenoxy) is 2. The first-order valence-electron chi connectivity index (χ1n) is 10.8. The number of fused-ring (bicyclic) bond motifs is 1. The van der Waals surface area contributed by atoms with Crippen LogP contribution in [-0.4, -0.2) is 24.2 Å². The number of nitrogens with one attached hydrogen (secondary N) is 1. The molecule has 2 aromatic heterocycles. The Labute approximate surface area is 185 Å². The van der Waals surface area contributed by atoms with Gasteiger partial charge >= 0.3 is 0 Å². The van der Waals surface area contributed by atoms with Crippen molar-refractivity contribution >= 4 is 17.2 Å².